The predicted octanol–water partition coefficient (Wildman–Crippen LogP) is 5.57. The van der Waals surface area contributed by atoms with Crippen LogP contribution in [0.25, 0.3) is 0 Å². The molecule has 2 heterocycles. The van der Waals surface area contributed by atoms with Gasteiger partial charge in [-0.3, -0.25) is 19.2 Å². The maximum absolute atomic E-state index is 12.1. The molecule has 1 aromatic carbocycles. The molecule has 158 valence electrons. The molecular weight excluding hydrogens is 464 g/mol. The number of esters is 2. The Morgan fingerprint density at radius 3 is 1.17 bits per heavy atom. The fourth-order valence-electron chi connectivity index (χ4n) is 2.72. The molecule has 0 spiro atoms. The van der Waals surface area contributed by atoms with Crippen molar-refractivity contribution in [1.82, 2.24) is 0 Å². The van der Waals surface area contributed by atoms with Gasteiger partial charge in [-0.15, -0.1) is 0 Å². The molecule has 6 nitrogen and oxygen atoms in total. The normalized spacial score (nSPS) is 14.2. The molecule has 0 amide bonds. The van der Waals surface area contributed by atoms with Crippen molar-refractivity contribution < 1.29 is 28.7 Å². The molecule has 10 heteroatoms. The van der Waals surface area contributed by atoms with E-state index in [1.165, 1.54) is 74.7 Å². The fourth-order valence-corrected chi connectivity index (χ4v) is 8.30. The fraction of sp³-hybridized carbons (Fsp3) is 0.300. The molecule has 0 atom stereocenters. The first-order valence-electron chi connectivity index (χ1n) is 8.77. The van der Waals surface area contributed by atoms with Crippen molar-refractivity contribution in [2.24, 2.45) is 0 Å². The molecule has 2 aliphatic rings. The maximum atomic E-state index is 12.1. The smallest absolute Gasteiger partial charge is 0.308 e. The van der Waals surface area contributed by atoms with E-state index >= 15 is 0 Å². The van der Waals surface area contributed by atoms with Gasteiger partial charge in [0.2, 0.25) is 0 Å². The van der Waals surface area contributed by atoms with Crippen LogP contribution in [0.1, 0.15) is 41.5 Å². The van der Waals surface area contributed by atoms with Gasteiger partial charge in [-0.1, -0.05) is 52.6 Å². The van der Waals surface area contributed by atoms with Gasteiger partial charge in [0.05, 0.1) is 29.4 Å². The van der Waals surface area contributed by atoms with Crippen molar-refractivity contribution in [3.05, 3.63) is 19.6 Å². The number of fused-ring (bicyclic) bond motifs is 2. The molecule has 0 bridgehead atoms. The van der Waals surface area contributed by atoms with Crippen molar-refractivity contribution >= 4 is 70.6 Å². The first kappa shape index (κ1) is 23.1. The number of hydrogen-bond donors (Lipinski definition) is 0. The lowest BCUT2D eigenvalue weighted by atomic mass is 10.1. The Morgan fingerprint density at radius 1 is 0.567 bits per heavy atom. The van der Waals surface area contributed by atoms with E-state index in [1.54, 1.807) is 0 Å². The zero-order chi connectivity index (χ0) is 22.3. The third-order valence-corrected chi connectivity index (χ3v) is 9.42. The quantitative estimate of drug-likeness (QED) is 0.178. The first-order valence-corrected chi connectivity index (χ1v) is 12.0. The highest BCUT2D eigenvalue weighted by Gasteiger charge is 2.39. The van der Waals surface area contributed by atoms with E-state index in [-0.39, 0.29) is 17.1 Å². The van der Waals surface area contributed by atoms with Crippen molar-refractivity contribution in [3.8, 4) is 11.5 Å². The van der Waals surface area contributed by atoms with Crippen LogP contribution in [0.5, 0.6) is 11.5 Å². The number of benzene rings is 1. The summed E-state index contributed by atoms with van der Waals surface area (Å²) >= 11 is 5.25. The van der Waals surface area contributed by atoms with Gasteiger partial charge >= 0.3 is 11.9 Å². The summed E-state index contributed by atoms with van der Waals surface area (Å²) in [7, 11) is 0. The first-order chi connectivity index (χ1) is 14.0. The van der Waals surface area contributed by atoms with Crippen LogP contribution in [0.3, 0.4) is 0 Å². The summed E-state index contributed by atoms with van der Waals surface area (Å²) in [6.45, 7) is 9.24. The van der Waals surface area contributed by atoms with Crippen LogP contribution >= 0.6 is 47.0 Å². The molecule has 0 radical (unpaired) electrons. The van der Waals surface area contributed by atoms with Crippen molar-refractivity contribution in [2.45, 2.75) is 61.1 Å². The van der Waals surface area contributed by atoms with E-state index in [0.717, 1.165) is 9.81 Å². The number of carbonyl (C=O) groups excluding carboxylic acids is 4. The van der Waals surface area contributed by atoms with E-state index < -0.39 is 11.9 Å². The van der Waals surface area contributed by atoms with Gasteiger partial charge in [-0.05, 0) is 27.7 Å². The number of rotatable bonds is 4. The highest BCUT2D eigenvalue weighted by atomic mass is 32.2. The molecule has 0 saturated carbocycles. The highest BCUT2D eigenvalue weighted by Crippen LogP contribution is 2.68. The van der Waals surface area contributed by atoms with Gasteiger partial charge in [-0.25, -0.2) is 0 Å². The zero-order valence-corrected chi connectivity index (χ0v) is 20.3. The molecular formula is C20H18O6S4. The minimum absolute atomic E-state index is 0.0780. The molecule has 2 aliphatic heterocycles. The summed E-state index contributed by atoms with van der Waals surface area (Å²) in [5.41, 5.74) is 1.16. The second-order valence-electron chi connectivity index (χ2n) is 6.63. The van der Waals surface area contributed by atoms with Crippen LogP contribution in [0.15, 0.2) is 39.2 Å². The largest absolute Gasteiger partial charge is 0.424 e. The monoisotopic (exact) mass is 482 g/mol. The van der Waals surface area contributed by atoms with E-state index in [4.69, 9.17) is 9.47 Å². The lowest BCUT2D eigenvalue weighted by Crippen LogP contribution is -2.07. The molecule has 0 N–H and O–H groups in total. The zero-order valence-electron chi connectivity index (χ0n) is 17.1. The molecule has 0 saturated heterocycles. The van der Waals surface area contributed by atoms with Gasteiger partial charge in [0.15, 0.2) is 23.1 Å². The van der Waals surface area contributed by atoms with Crippen LogP contribution < -0.4 is 9.47 Å². The van der Waals surface area contributed by atoms with Crippen molar-refractivity contribution in [2.75, 3.05) is 0 Å². The Hall–Kier alpha value is -1.62. The average molecular weight is 483 g/mol. The van der Waals surface area contributed by atoms with Gasteiger partial charge in [0.1, 0.15) is 0 Å². The summed E-state index contributed by atoms with van der Waals surface area (Å²) in [5.74, 6) is -0.963. The number of ether oxygens (including phenoxy) is 2. The predicted molar refractivity (Wildman–Crippen MR) is 119 cm³/mol. The molecule has 0 fully saturated rings. The van der Waals surface area contributed by atoms with E-state index in [1.807, 2.05) is 13.8 Å². The number of Topliss-reactive ketones (excluding diaryl/α,β-unsaturated/α-hetero) is 2. The van der Waals surface area contributed by atoms with Gasteiger partial charge in [0.25, 0.3) is 0 Å². The SMILES string of the molecule is CC(=O)Oc1c2c(c(OC(C)=O)c3c1SC(=C(C(C)=O)C(C)=O)S3)SC(=C(C)C)S2. The summed E-state index contributed by atoms with van der Waals surface area (Å²) in [6, 6.07) is 0. The van der Waals surface area contributed by atoms with Gasteiger partial charge in [0, 0.05) is 18.1 Å². The molecule has 3 rings (SSSR count). The minimum Gasteiger partial charge on any atom is -0.424 e. The number of allylic oxidation sites excluding steroid dienone is 2. The third kappa shape index (κ3) is 4.37. The standard InChI is InChI=1S/C20H18O6S4/c1-7(2)19-27-15-13(25-10(5)23)17-18(14(16(15)28-19)26-11(6)24)30-20(29-17)12(8(3)21)9(4)22/h1-6H3. The van der Waals surface area contributed by atoms with Crippen LogP contribution in [0, 0.1) is 0 Å². The molecule has 1 aromatic rings. The number of carbonyl (C=O) groups is 4. The van der Waals surface area contributed by atoms with Crippen LogP contribution in [0.2, 0.25) is 0 Å². The van der Waals surface area contributed by atoms with Crippen LogP contribution in [0.4, 0.5) is 0 Å². The summed E-state index contributed by atoms with van der Waals surface area (Å²) in [4.78, 5) is 50.3. The van der Waals surface area contributed by atoms with Gasteiger partial charge in [-0.2, -0.15) is 0 Å². The van der Waals surface area contributed by atoms with Crippen molar-refractivity contribution in [1.29, 1.82) is 0 Å². The Balaban J connectivity index is 2.31. The van der Waals surface area contributed by atoms with Crippen LogP contribution in [-0.2, 0) is 19.2 Å². The van der Waals surface area contributed by atoms with Crippen molar-refractivity contribution in [3.63, 3.8) is 0 Å². The summed E-state index contributed by atoms with van der Waals surface area (Å²) in [5, 5.41) is 0. The van der Waals surface area contributed by atoms with E-state index in [0.29, 0.717) is 35.3 Å². The Morgan fingerprint density at radius 2 is 0.900 bits per heavy atom. The third-order valence-electron chi connectivity index (χ3n) is 3.82. The Labute approximate surface area is 191 Å². The molecule has 30 heavy (non-hydrogen) atoms. The van der Waals surface area contributed by atoms with E-state index in [9.17, 15) is 19.2 Å². The highest BCUT2D eigenvalue weighted by molar-refractivity contribution is 8.26. The molecule has 0 aromatic heterocycles. The van der Waals surface area contributed by atoms with Gasteiger partial charge < -0.3 is 9.47 Å². The Bertz CT molecular complexity index is 1000. The number of thioether (sulfide) groups is 4. The average Bonchev–Trinajstić information content (AvgIpc) is 3.21. The summed E-state index contributed by atoms with van der Waals surface area (Å²) in [6.07, 6.45) is 0. The lowest BCUT2D eigenvalue weighted by Gasteiger charge is -2.15. The van der Waals surface area contributed by atoms with E-state index in [2.05, 4.69) is 0 Å². The minimum atomic E-state index is -0.489. The number of ketones is 2. The summed E-state index contributed by atoms with van der Waals surface area (Å²) < 4.78 is 12.6. The lowest BCUT2D eigenvalue weighted by molar-refractivity contribution is -0.133. The number of hydrogen-bond acceptors (Lipinski definition) is 10. The molecule has 0 unspecified atom stereocenters. The second kappa shape index (κ2) is 8.86. The maximum Gasteiger partial charge on any atom is 0.308 e. The van der Waals surface area contributed by atoms with Crippen LogP contribution in [-0.4, -0.2) is 23.5 Å². The Kier molecular flexibility index (Phi) is 6.81. The molecule has 0 aliphatic carbocycles. The topological polar surface area (TPSA) is 86.7 Å². The second-order valence-corrected chi connectivity index (χ2v) is 11.2.